The molecule has 8 rings (SSSR count). The van der Waals surface area contributed by atoms with Gasteiger partial charge in [-0.1, -0.05) is 129 Å². The summed E-state index contributed by atoms with van der Waals surface area (Å²) < 4.78 is 0. The highest BCUT2D eigenvalue weighted by atomic mass is 15.0. The van der Waals surface area contributed by atoms with E-state index in [1.807, 2.05) is 43.3 Å². The molecule has 0 radical (unpaired) electrons. The Morgan fingerprint density at radius 1 is 0.391 bits per heavy atom. The van der Waals surface area contributed by atoms with Crippen molar-refractivity contribution in [1.82, 2.24) is 19.9 Å². The van der Waals surface area contributed by atoms with Crippen LogP contribution < -0.4 is 0 Å². The lowest BCUT2D eigenvalue weighted by Gasteiger charge is -2.21. The van der Waals surface area contributed by atoms with Gasteiger partial charge in [-0.3, -0.25) is 4.98 Å². The summed E-state index contributed by atoms with van der Waals surface area (Å²) >= 11 is 0. The minimum atomic E-state index is -0.109. The molecule has 0 fully saturated rings. The van der Waals surface area contributed by atoms with Crippen LogP contribution in [0, 0.1) is 6.92 Å². The SMILES string of the molecule is Cc1cccc(-c2cccc(-c3ccc(-c4nc(-c5ccccc5)nc(-c5ccc6c(c5)C(C)(C)c5ccccc5-6)n4)cc3)c2)n1. The number of hydrogen-bond acceptors (Lipinski definition) is 4. The normalized spacial score (nSPS) is 12.8. The fourth-order valence-corrected chi connectivity index (χ4v) is 6.57. The van der Waals surface area contributed by atoms with E-state index in [0.717, 1.165) is 44.8 Å². The van der Waals surface area contributed by atoms with E-state index in [4.69, 9.17) is 19.9 Å². The summed E-state index contributed by atoms with van der Waals surface area (Å²) in [6.07, 6.45) is 0. The van der Waals surface area contributed by atoms with Crippen LogP contribution in [-0.4, -0.2) is 19.9 Å². The minimum Gasteiger partial charge on any atom is -0.253 e. The molecule has 0 N–H and O–H groups in total. The highest BCUT2D eigenvalue weighted by Gasteiger charge is 2.35. The molecule has 5 aromatic carbocycles. The topological polar surface area (TPSA) is 51.6 Å². The van der Waals surface area contributed by atoms with Gasteiger partial charge in [-0.2, -0.15) is 0 Å². The third kappa shape index (κ3) is 4.89. The van der Waals surface area contributed by atoms with Crippen LogP contribution in [0.4, 0.5) is 0 Å². The van der Waals surface area contributed by atoms with Crippen molar-refractivity contribution in [3.05, 3.63) is 156 Å². The second-order valence-electron chi connectivity index (χ2n) is 12.4. The van der Waals surface area contributed by atoms with Crippen molar-refractivity contribution in [1.29, 1.82) is 0 Å². The van der Waals surface area contributed by atoms with Crippen molar-refractivity contribution < 1.29 is 0 Å². The molecule has 0 atom stereocenters. The van der Waals surface area contributed by atoms with Gasteiger partial charge in [0.1, 0.15) is 0 Å². The van der Waals surface area contributed by atoms with Crippen molar-refractivity contribution in [2.24, 2.45) is 0 Å². The molecule has 1 aliphatic carbocycles. The molecule has 2 heterocycles. The largest absolute Gasteiger partial charge is 0.253 e. The van der Waals surface area contributed by atoms with Crippen molar-refractivity contribution in [3.8, 4) is 67.7 Å². The van der Waals surface area contributed by atoms with Gasteiger partial charge in [-0.25, -0.2) is 15.0 Å². The number of nitrogens with zero attached hydrogens (tertiary/aromatic N) is 4. The maximum absolute atomic E-state index is 5.06. The molecule has 0 amide bonds. The van der Waals surface area contributed by atoms with Crippen LogP contribution in [0.1, 0.15) is 30.7 Å². The van der Waals surface area contributed by atoms with Crippen LogP contribution in [0.5, 0.6) is 0 Å². The lowest BCUT2D eigenvalue weighted by atomic mass is 9.82. The first-order valence-corrected chi connectivity index (χ1v) is 15.7. The van der Waals surface area contributed by atoms with Crippen LogP contribution in [0.15, 0.2) is 140 Å². The predicted molar refractivity (Wildman–Crippen MR) is 187 cm³/mol. The molecule has 1 aliphatic rings. The summed E-state index contributed by atoms with van der Waals surface area (Å²) in [6.45, 7) is 6.61. The first kappa shape index (κ1) is 27.8. The number of aryl methyl sites for hydroxylation is 1. The Morgan fingerprint density at radius 2 is 0.957 bits per heavy atom. The molecule has 0 saturated heterocycles. The Labute approximate surface area is 269 Å². The second kappa shape index (κ2) is 11.0. The van der Waals surface area contributed by atoms with Gasteiger partial charge in [-0.15, -0.1) is 0 Å². The number of fused-ring (bicyclic) bond motifs is 3. The van der Waals surface area contributed by atoms with Crippen molar-refractivity contribution in [3.63, 3.8) is 0 Å². The quantitative estimate of drug-likeness (QED) is 0.200. The third-order valence-electron chi connectivity index (χ3n) is 9.03. The molecular formula is C42H32N4. The zero-order valence-corrected chi connectivity index (χ0v) is 26.1. The third-order valence-corrected chi connectivity index (χ3v) is 9.03. The number of benzene rings is 5. The van der Waals surface area contributed by atoms with Gasteiger partial charge < -0.3 is 0 Å². The summed E-state index contributed by atoms with van der Waals surface area (Å²) in [7, 11) is 0. The fraction of sp³-hybridized carbons (Fsp3) is 0.0952. The first-order valence-electron chi connectivity index (χ1n) is 15.7. The van der Waals surface area contributed by atoms with E-state index in [9.17, 15) is 0 Å². The molecule has 0 bridgehead atoms. The van der Waals surface area contributed by atoms with Crippen LogP contribution >= 0.6 is 0 Å². The van der Waals surface area contributed by atoms with Gasteiger partial charge in [0.05, 0.1) is 5.69 Å². The van der Waals surface area contributed by atoms with E-state index in [0.29, 0.717) is 17.5 Å². The minimum absolute atomic E-state index is 0.109. The molecule has 0 aliphatic heterocycles. The Hall–Kier alpha value is -5.74. The van der Waals surface area contributed by atoms with Gasteiger partial charge in [-0.05, 0) is 64.6 Å². The summed E-state index contributed by atoms with van der Waals surface area (Å²) in [5.74, 6) is 1.98. The molecule has 220 valence electrons. The highest BCUT2D eigenvalue weighted by Crippen LogP contribution is 2.49. The van der Waals surface area contributed by atoms with Gasteiger partial charge in [0.15, 0.2) is 17.5 Å². The van der Waals surface area contributed by atoms with Crippen molar-refractivity contribution >= 4 is 0 Å². The van der Waals surface area contributed by atoms with Gasteiger partial charge in [0.2, 0.25) is 0 Å². The lowest BCUT2D eigenvalue weighted by Crippen LogP contribution is -2.15. The lowest BCUT2D eigenvalue weighted by molar-refractivity contribution is 0.660. The molecule has 2 aromatic heterocycles. The Morgan fingerprint density at radius 3 is 1.72 bits per heavy atom. The van der Waals surface area contributed by atoms with E-state index in [-0.39, 0.29) is 5.41 Å². The first-order chi connectivity index (χ1) is 22.4. The van der Waals surface area contributed by atoms with Gasteiger partial charge >= 0.3 is 0 Å². The van der Waals surface area contributed by atoms with Crippen molar-refractivity contribution in [2.75, 3.05) is 0 Å². The fourth-order valence-electron chi connectivity index (χ4n) is 6.57. The average Bonchev–Trinajstić information content (AvgIpc) is 3.34. The van der Waals surface area contributed by atoms with Crippen molar-refractivity contribution in [2.45, 2.75) is 26.2 Å². The number of rotatable bonds is 5. The zero-order valence-electron chi connectivity index (χ0n) is 26.1. The molecule has 7 aromatic rings. The molecule has 4 nitrogen and oxygen atoms in total. The number of pyridine rings is 1. The summed E-state index contributed by atoms with van der Waals surface area (Å²) in [4.78, 5) is 19.7. The summed E-state index contributed by atoms with van der Waals surface area (Å²) in [6, 6.07) is 48.6. The standard InChI is InChI=1S/C42H32N4/c1-27-11-9-18-38(43-27)32-15-10-14-31(25-32)28-19-21-30(22-20-28)40-44-39(29-12-5-4-6-13-29)45-41(46-40)33-23-24-35-34-16-7-8-17-36(34)42(2,3)37(35)26-33/h4-26H,1-3H3. The van der Waals surface area contributed by atoms with Crippen LogP contribution in [0.2, 0.25) is 0 Å². The number of aromatic nitrogens is 4. The maximum atomic E-state index is 5.06. The second-order valence-corrected chi connectivity index (χ2v) is 12.4. The van der Waals surface area contributed by atoms with Crippen LogP contribution in [0.3, 0.4) is 0 Å². The van der Waals surface area contributed by atoms with E-state index in [2.05, 4.69) is 117 Å². The Balaban J connectivity index is 1.19. The Kier molecular flexibility index (Phi) is 6.65. The van der Waals surface area contributed by atoms with E-state index < -0.39 is 0 Å². The maximum Gasteiger partial charge on any atom is 0.164 e. The molecule has 0 saturated carbocycles. The number of hydrogen-bond donors (Lipinski definition) is 0. The smallest absolute Gasteiger partial charge is 0.164 e. The van der Waals surface area contributed by atoms with Gasteiger partial charge in [0, 0.05) is 33.4 Å². The molecule has 0 unspecified atom stereocenters. The summed E-state index contributed by atoms with van der Waals surface area (Å²) in [5, 5.41) is 0. The molecule has 0 spiro atoms. The van der Waals surface area contributed by atoms with Gasteiger partial charge in [0.25, 0.3) is 0 Å². The highest BCUT2D eigenvalue weighted by molar-refractivity contribution is 5.83. The average molecular weight is 593 g/mol. The van der Waals surface area contributed by atoms with Crippen LogP contribution in [0.25, 0.3) is 67.7 Å². The van der Waals surface area contributed by atoms with E-state index >= 15 is 0 Å². The predicted octanol–water partition coefficient (Wildman–Crippen LogP) is 10.2. The molecule has 4 heteroatoms. The summed E-state index contributed by atoms with van der Waals surface area (Å²) in [5.41, 5.74) is 13.3. The van der Waals surface area contributed by atoms with E-state index in [1.54, 1.807) is 0 Å². The van der Waals surface area contributed by atoms with E-state index in [1.165, 1.54) is 22.3 Å². The molecular weight excluding hydrogens is 560 g/mol. The zero-order chi connectivity index (χ0) is 31.3. The molecule has 46 heavy (non-hydrogen) atoms. The van der Waals surface area contributed by atoms with Crippen LogP contribution in [-0.2, 0) is 5.41 Å². The Bertz CT molecular complexity index is 2230. The monoisotopic (exact) mass is 592 g/mol.